The Hall–Kier alpha value is -1.06. The van der Waals surface area contributed by atoms with Crippen LogP contribution >= 0.6 is 0 Å². The fourth-order valence-corrected chi connectivity index (χ4v) is 2.70. The zero-order valence-corrected chi connectivity index (χ0v) is 11.6. The Kier molecular flexibility index (Phi) is 4.25. The molecule has 0 amide bonds. The highest BCUT2D eigenvalue weighted by atomic mass is 16.5. The largest absolute Gasteiger partial charge is 0.493 e. The maximum atomic E-state index is 5.86. The van der Waals surface area contributed by atoms with Crippen molar-refractivity contribution in [3.8, 4) is 5.75 Å². The van der Waals surface area contributed by atoms with Gasteiger partial charge in [0.15, 0.2) is 0 Å². The maximum Gasteiger partial charge on any atom is 0.122 e. The highest BCUT2D eigenvalue weighted by molar-refractivity contribution is 5.39. The van der Waals surface area contributed by atoms with E-state index in [9.17, 15) is 0 Å². The third-order valence-electron chi connectivity index (χ3n) is 3.76. The molecule has 0 aliphatic carbocycles. The lowest BCUT2D eigenvalue weighted by Gasteiger charge is -2.30. The molecule has 0 spiro atoms. The Labute approximate surface area is 110 Å². The summed E-state index contributed by atoms with van der Waals surface area (Å²) in [6, 6.07) is 6.97. The average molecular weight is 248 g/mol. The maximum absolute atomic E-state index is 5.86. The van der Waals surface area contributed by atoms with Crippen LogP contribution in [-0.2, 0) is 13.0 Å². The molecule has 1 aliphatic rings. The second kappa shape index (κ2) is 5.72. The second-order valence-electron chi connectivity index (χ2n) is 5.50. The minimum absolute atomic E-state index is 0.439. The van der Waals surface area contributed by atoms with Gasteiger partial charge in [-0.3, -0.25) is 4.90 Å². The van der Waals surface area contributed by atoms with Crippen LogP contribution in [0, 0.1) is 5.92 Å². The van der Waals surface area contributed by atoms with Crippen LogP contribution < -0.4 is 10.5 Å². The zero-order valence-electron chi connectivity index (χ0n) is 11.6. The van der Waals surface area contributed by atoms with Gasteiger partial charge in [0.05, 0.1) is 6.61 Å². The molecule has 2 rings (SSSR count). The Balaban J connectivity index is 2.05. The highest BCUT2D eigenvalue weighted by Crippen LogP contribution is 2.26. The molecule has 1 aromatic rings. The van der Waals surface area contributed by atoms with Crippen LogP contribution in [-0.4, -0.2) is 31.1 Å². The molecule has 100 valence electrons. The van der Waals surface area contributed by atoms with Gasteiger partial charge >= 0.3 is 0 Å². The summed E-state index contributed by atoms with van der Waals surface area (Å²) in [4.78, 5) is 2.35. The van der Waals surface area contributed by atoms with Crippen molar-refractivity contribution in [3.63, 3.8) is 0 Å². The number of nitrogens with zero attached hydrogens (tertiary/aromatic N) is 1. The first-order chi connectivity index (χ1) is 8.61. The molecule has 0 bridgehead atoms. The predicted octanol–water partition coefficient (Wildman–Crippen LogP) is 2.04. The van der Waals surface area contributed by atoms with Crippen molar-refractivity contribution in [2.45, 2.75) is 32.9 Å². The van der Waals surface area contributed by atoms with Crippen molar-refractivity contribution in [2.24, 2.45) is 11.7 Å². The SMILES string of the molecule is CC(C)C(CN)N(C)Cc1ccc2c(c1)CCO2. The minimum atomic E-state index is 0.439. The standard InChI is InChI=1S/C15H24N2O/c1-11(2)14(9-16)17(3)10-12-4-5-15-13(8-12)6-7-18-15/h4-5,8,11,14H,6-7,9-10,16H2,1-3H3. The molecule has 0 saturated heterocycles. The summed E-state index contributed by atoms with van der Waals surface area (Å²) in [5.41, 5.74) is 8.55. The Bertz CT molecular complexity index is 403. The zero-order chi connectivity index (χ0) is 13.1. The van der Waals surface area contributed by atoms with Crippen molar-refractivity contribution >= 4 is 0 Å². The van der Waals surface area contributed by atoms with E-state index in [0.29, 0.717) is 18.5 Å². The van der Waals surface area contributed by atoms with Crippen LogP contribution in [0.1, 0.15) is 25.0 Å². The number of ether oxygens (including phenoxy) is 1. The molecule has 1 aromatic carbocycles. The van der Waals surface area contributed by atoms with Gasteiger partial charge in [-0.1, -0.05) is 26.0 Å². The van der Waals surface area contributed by atoms with Crippen LogP contribution in [0.25, 0.3) is 0 Å². The summed E-state index contributed by atoms with van der Waals surface area (Å²) in [5, 5.41) is 0. The number of rotatable bonds is 5. The molecular formula is C15H24N2O. The summed E-state index contributed by atoms with van der Waals surface area (Å²) in [5.74, 6) is 1.64. The van der Waals surface area contributed by atoms with Crippen LogP contribution in [0.5, 0.6) is 5.75 Å². The summed E-state index contributed by atoms with van der Waals surface area (Å²) >= 11 is 0. The molecule has 3 heteroatoms. The number of nitrogens with two attached hydrogens (primary N) is 1. The lowest BCUT2D eigenvalue weighted by molar-refractivity contribution is 0.190. The molecule has 0 aromatic heterocycles. The molecule has 3 nitrogen and oxygen atoms in total. The first-order valence-corrected chi connectivity index (χ1v) is 6.76. The molecule has 2 N–H and O–H groups in total. The third-order valence-corrected chi connectivity index (χ3v) is 3.76. The quantitative estimate of drug-likeness (QED) is 0.866. The van der Waals surface area contributed by atoms with E-state index in [1.54, 1.807) is 0 Å². The van der Waals surface area contributed by atoms with E-state index in [1.807, 2.05) is 0 Å². The van der Waals surface area contributed by atoms with Crippen LogP contribution in [0.4, 0.5) is 0 Å². The Morgan fingerprint density at radius 3 is 2.83 bits per heavy atom. The molecular weight excluding hydrogens is 224 g/mol. The van der Waals surface area contributed by atoms with Crippen LogP contribution in [0.2, 0.25) is 0 Å². The Morgan fingerprint density at radius 1 is 1.39 bits per heavy atom. The van der Waals surface area contributed by atoms with Crippen molar-refractivity contribution in [1.82, 2.24) is 4.90 Å². The van der Waals surface area contributed by atoms with E-state index in [1.165, 1.54) is 11.1 Å². The third kappa shape index (κ3) is 2.85. The van der Waals surface area contributed by atoms with Gasteiger partial charge in [0.1, 0.15) is 5.75 Å². The summed E-state index contributed by atoms with van der Waals surface area (Å²) < 4.78 is 5.53. The van der Waals surface area contributed by atoms with E-state index in [4.69, 9.17) is 10.5 Å². The van der Waals surface area contributed by atoms with Gasteiger partial charge in [-0.25, -0.2) is 0 Å². The molecule has 1 heterocycles. The van der Waals surface area contributed by atoms with E-state index < -0.39 is 0 Å². The topological polar surface area (TPSA) is 38.5 Å². The Morgan fingerprint density at radius 2 is 2.17 bits per heavy atom. The molecule has 0 saturated carbocycles. The monoisotopic (exact) mass is 248 g/mol. The number of fused-ring (bicyclic) bond motifs is 1. The van der Waals surface area contributed by atoms with Gasteiger partial charge in [0.2, 0.25) is 0 Å². The minimum Gasteiger partial charge on any atom is -0.493 e. The molecule has 1 unspecified atom stereocenters. The van der Waals surface area contributed by atoms with Gasteiger partial charge in [-0.05, 0) is 30.2 Å². The summed E-state index contributed by atoms with van der Waals surface area (Å²) in [6.07, 6.45) is 1.04. The number of hydrogen-bond donors (Lipinski definition) is 1. The molecule has 1 atom stereocenters. The summed E-state index contributed by atoms with van der Waals surface area (Å²) in [6.45, 7) is 6.94. The number of likely N-dealkylation sites (N-methyl/N-ethyl adjacent to an activating group) is 1. The van der Waals surface area contributed by atoms with E-state index in [-0.39, 0.29) is 0 Å². The molecule has 1 aliphatic heterocycles. The molecule has 0 fully saturated rings. The van der Waals surface area contributed by atoms with Crippen molar-refractivity contribution < 1.29 is 4.74 Å². The first kappa shape index (κ1) is 13.4. The van der Waals surface area contributed by atoms with Crippen molar-refractivity contribution in [3.05, 3.63) is 29.3 Å². The smallest absolute Gasteiger partial charge is 0.122 e. The second-order valence-corrected chi connectivity index (χ2v) is 5.50. The van der Waals surface area contributed by atoms with Crippen molar-refractivity contribution in [1.29, 1.82) is 0 Å². The van der Waals surface area contributed by atoms with Gasteiger partial charge in [0.25, 0.3) is 0 Å². The summed E-state index contributed by atoms with van der Waals surface area (Å²) in [7, 11) is 2.15. The van der Waals surface area contributed by atoms with E-state index in [2.05, 4.69) is 44.0 Å². The highest BCUT2D eigenvalue weighted by Gasteiger charge is 2.18. The number of hydrogen-bond acceptors (Lipinski definition) is 3. The molecule has 18 heavy (non-hydrogen) atoms. The number of benzene rings is 1. The van der Waals surface area contributed by atoms with Gasteiger partial charge < -0.3 is 10.5 Å². The van der Waals surface area contributed by atoms with Gasteiger partial charge in [-0.15, -0.1) is 0 Å². The van der Waals surface area contributed by atoms with Gasteiger partial charge in [-0.2, -0.15) is 0 Å². The van der Waals surface area contributed by atoms with Gasteiger partial charge in [0, 0.05) is 25.6 Å². The average Bonchev–Trinajstić information content (AvgIpc) is 2.76. The van der Waals surface area contributed by atoms with Crippen LogP contribution in [0.3, 0.4) is 0 Å². The lowest BCUT2D eigenvalue weighted by Crippen LogP contribution is -2.41. The predicted molar refractivity (Wildman–Crippen MR) is 74.8 cm³/mol. The van der Waals surface area contributed by atoms with E-state index in [0.717, 1.165) is 25.3 Å². The lowest BCUT2D eigenvalue weighted by atomic mass is 10.0. The van der Waals surface area contributed by atoms with E-state index >= 15 is 0 Å². The fourth-order valence-electron chi connectivity index (χ4n) is 2.70. The normalized spacial score (nSPS) is 15.9. The van der Waals surface area contributed by atoms with Crippen LogP contribution in [0.15, 0.2) is 18.2 Å². The molecule has 0 radical (unpaired) electrons. The fraction of sp³-hybridized carbons (Fsp3) is 0.600. The van der Waals surface area contributed by atoms with Crippen molar-refractivity contribution in [2.75, 3.05) is 20.2 Å². The first-order valence-electron chi connectivity index (χ1n) is 6.76.